The Kier molecular flexibility index (Phi) is 6.20. The third-order valence-electron chi connectivity index (χ3n) is 4.92. The smallest absolute Gasteiger partial charge is 0.264 e. The van der Waals surface area contributed by atoms with Gasteiger partial charge in [-0.25, -0.2) is 0 Å². The SMILES string of the molecule is CCn1ncc(Br)c1CN(C)C(=O)c1cc(COc2ccc3ccccc3c2)cs1. The lowest BCUT2D eigenvalue weighted by atomic mass is 10.1. The third-order valence-corrected chi connectivity index (χ3v) is 6.55. The van der Waals surface area contributed by atoms with Gasteiger partial charge in [-0.1, -0.05) is 30.3 Å². The van der Waals surface area contributed by atoms with Crippen LogP contribution < -0.4 is 4.74 Å². The van der Waals surface area contributed by atoms with Crippen molar-refractivity contribution >= 4 is 43.9 Å². The Balaban J connectivity index is 1.40. The Morgan fingerprint density at radius 1 is 1.20 bits per heavy atom. The van der Waals surface area contributed by atoms with Gasteiger partial charge in [0.05, 0.1) is 27.8 Å². The summed E-state index contributed by atoms with van der Waals surface area (Å²) in [6.45, 7) is 3.72. The molecule has 2 aromatic carbocycles. The monoisotopic (exact) mass is 483 g/mol. The molecule has 7 heteroatoms. The predicted octanol–water partition coefficient (Wildman–Crippen LogP) is 5.73. The van der Waals surface area contributed by atoms with E-state index < -0.39 is 0 Å². The average molecular weight is 484 g/mol. The number of thiophene rings is 1. The molecule has 30 heavy (non-hydrogen) atoms. The Hall–Kier alpha value is -2.64. The Bertz CT molecular complexity index is 1180. The summed E-state index contributed by atoms with van der Waals surface area (Å²) in [7, 11) is 1.81. The summed E-state index contributed by atoms with van der Waals surface area (Å²) in [6, 6.07) is 16.2. The molecule has 4 rings (SSSR count). The van der Waals surface area contributed by atoms with Gasteiger partial charge in [0, 0.05) is 19.2 Å². The van der Waals surface area contributed by atoms with Gasteiger partial charge in [-0.05, 0) is 57.2 Å². The maximum atomic E-state index is 12.9. The van der Waals surface area contributed by atoms with E-state index in [1.807, 2.05) is 54.4 Å². The zero-order chi connectivity index (χ0) is 21.1. The highest BCUT2D eigenvalue weighted by Gasteiger charge is 2.18. The molecule has 0 unspecified atom stereocenters. The fourth-order valence-electron chi connectivity index (χ4n) is 3.29. The van der Waals surface area contributed by atoms with Gasteiger partial charge in [-0.3, -0.25) is 9.48 Å². The van der Waals surface area contributed by atoms with Crippen LogP contribution >= 0.6 is 27.3 Å². The Morgan fingerprint density at radius 3 is 2.80 bits per heavy atom. The van der Waals surface area contributed by atoms with E-state index in [1.54, 1.807) is 11.1 Å². The summed E-state index contributed by atoms with van der Waals surface area (Å²) >= 11 is 4.96. The first kappa shape index (κ1) is 20.6. The summed E-state index contributed by atoms with van der Waals surface area (Å²) in [4.78, 5) is 15.3. The van der Waals surface area contributed by atoms with Crippen molar-refractivity contribution in [3.05, 3.63) is 80.7 Å². The van der Waals surface area contributed by atoms with Crippen LogP contribution in [0, 0.1) is 0 Å². The van der Waals surface area contributed by atoms with Crippen LogP contribution in [0.5, 0.6) is 5.75 Å². The average Bonchev–Trinajstić information content (AvgIpc) is 3.38. The molecular formula is C23H22BrN3O2S. The number of rotatable bonds is 7. The van der Waals surface area contributed by atoms with Crippen molar-refractivity contribution in [1.82, 2.24) is 14.7 Å². The standard InChI is InChI=1S/C23H22BrN3O2S/c1-3-27-21(20(24)12-25-27)13-26(2)23(28)22-10-16(15-30-22)14-29-19-9-8-17-6-4-5-7-18(17)11-19/h4-12,15H,3,13-14H2,1-2H3. The number of aromatic nitrogens is 2. The first-order chi connectivity index (χ1) is 14.5. The van der Waals surface area contributed by atoms with E-state index in [0.717, 1.165) is 33.4 Å². The molecule has 0 fully saturated rings. The molecule has 0 aliphatic carbocycles. The van der Waals surface area contributed by atoms with E-state index in [1.165, 1.54) is 16.7 Å². The summed E-state index contributed by atoms with van der Waals surface area (Å²) in [5, 5.41) is 8.63. The van der Waals surface area contributed by atoms with Crippen LogP contribution in [0.25, 0.3) is 10.8 Å². The molecule has 0 N–H and O–H groups in total. The van der Waals surface area contributed by atoms with Gasteiger partial charge in [-0.2, -0.15) is 5.10 Å². The second-order valence-electron chi connectivity index (χ2n) is 7.03. The number of aryl methyl sites for hydroxylation is 1. The summed E-state index contributed by atoms with van der Waals surface area (Å²) in [6.07, 6.45) is 1.77. The van der Waals surface area contributed by atoms with Gasteiger partial charge in [0.15, 0.2) is 0 Å². The molecule has 4 aromatic rings. The molecule has 0 spiro atoms. The number of carbonyl (C=O) groups is 1. The zero-order valence-corrected chi connectivity index (χ0v) is 19.2. The van der Waals surface area contributed by atoms with E-state index >= 15 is 0 Å². The molecule has 0 atom stereocenters. The van der Waals surface area contributed by atoms with Crippen molar-refractivity contribution in [3.63, 3.8) is 0 Å². The van der Waals surface area contributed by atoms with E-state index in [0.29, 0.717) is 18.0 Å². The van der Waals surface area contributed by atoms with Crippen LogP contribution in [0.4, 0.5) is 0 Å². The first-order valence-electron chi connectivity index (χ1n) is 9.70. The third kappa shape index (κ3) is 4.42. The minimum absolute atomic E-state index is 0.00675. The first-order valence-corrected chi connectivity index (χ1v) is 11.4. The molecule has 2 aromatic heterocycles. The number of ether oxygens (including phenoxy) is 1. The van der Waals surface area contributed by atoms with Gasteiger partial charge in [-0.15, -0.1) is 11.3 Å². The molecule has 0 bridgehead atoms. The van der Waals surface area contributed by atoms with Crippen molar-refractivity contribution in [2.45, 2.75) is 26.6 Å². The number of hydrogen-bond acceptors (Lipinski definition) is 4. The Morgan fingerprint density at radius 2 is 2.00 bits per heavy atom. The zero-order valence-electron chi connectivity index (χ0n) is 16.8. The molecule has 5 nitrogen and oxygen atoms in total. The fourth-order valence-corrected chi connectivity index (χ4v) is 4.60. The minimum atomic E-state index is -0.00675. The number of halogens is 1. The van der Waals surface area contributed by atoms with Gasteiger partial charge < -0.3 is 9.64 Å². The lowest BCUT2D eigenvalue weighted by molar-refractivity contribution is 0.0786. The second-order valence-corrected chi connectivity index (χ2v) is 8.80. The van der Waals surface area contributed by atoms with Crippen LogP contribution in [0.3, 0.4) is 0 Å². The van der Waals surface area contributed by atoms with Crippen LogP contribution in [0.2, 0.25) is 0 Å². The van der Waals surface area contributed by atoms with Gasteiger partial charge >= 0.3 is 0 Å². The molecule has 0 saturated heterocycles. The molecule has 0 aliphatic heterocycles. The molecular weight excluding hydrogens is 462 g/mol. The van der Waals surface area contributed by atoms with Crippen LogP contribution in [-0.2, 0) is 19.7 Å². The Labute approximate surface area is 188 Å². The van der Waals surface area contributed by atoms with Gasteiger partial charge in [0.2, 0.25) is 0 Å². The molecule has 2 heterocycles. The predicted molar refractivity (Wildman–Crippen MR) is 124 cm³/mol. The topological polar surface area (TPSA) is 47.4 Å². The number of hydrogen-bond donors (Lipinski definition) is 0. The number of carbonyl (C=O) groups excluding carboxylic acids is 1. The van der Waals surface area contributed by atoms with E-state index in [-0.39, 0.29) is 5.91 Å². The van der Waals surface area contributed by atoms with E-state index in [9.17, 15) is 4.79 Å². The van der Waals surface area contributed by atoms with Crippen molar-refractivity contribution in [3.8, 4) is 5.75 Å². The molecule has 0 radical (unpaired) electrons. The maximum Gasteiger partial charge on any atom is 0.264 e. The van der Waals surface area contributed by atoms with E-state index in [2.05, 4.69) is 39.2 Å². The molecule has 0 aliphatic rings. The van der Waals surface area contributed by atoms with Crippen molar-refractivity contribution in [2.24, 2.45) is 0 Å². The lowest BCUT2D eigenvalue weighted by Crippen LogP contribution is -2.27. The highest BCUT2D eigenvalue weighted by molar-refractivity contribution is 9.10. The number of benzene rings is 2. The number of amides is 1. The minimum Gasteiger partial charge on any atom is -0.489 e. The summed E-state index contributed by atoms with van der Waals surface area (Å²) in [5.74, 6) is 0.815. The van der Waals surface area contributed by atoms with E-state index in [4.69, 9.17) is 4.74 Å². The molecule has 0 saturated carbocycles. The van der Waals surface area contributed by atoms with Crippen LogP contribution in [-0.4, -0.2) is 27.6 Å². The van der Waals surface area contributed by atoms with Gasteiger partial charge in [0.1, 0.15) is 12.4 Å². The summed E-state index contributed by atoms with van der Waals surface area (Å²) in [5.41, 5.74) is 1.98. The highest BCUT2D eigenvalue weighted by Crippen LogP contribution is 2.24. The normalized spacial score (nSPS) is 11.0. The summed E-state index contributed by atoms with van der Waals surface area (Å²) < 4.78 is 8.76. The van der Waals surface area contributed by atoms with Gasteiger partial charge in [0.25, 0.3) is 5.91 Å². The highest BCUT2D eigenvalue weighted by atomic mass is 79.9. The van der Waals surface area contributed by atoms with Crippen molar-refractivity contribution in [2.75, 3.05) is 7.05 Å². The largest absolute Gasteiger partial charge is 0.489 e. The quantitative estimate of drug-likeness (QED) is 0.337. The van der Waals surface area contributed by atoms with Crippen LogP contribution in [0.1, 0.15) is 27.9 Å². The second kappa shape index (κ2) is 9.02. The molecule has 154 valence electrons. The fraction of sp³-hybridized carbons (Fsp3) is 0.217. The number of nitrogens with zero attached hydrogens (tertiary/aromatic N) is 3. The van der Waals surface area contributed by atoms with Crippen molar-refractivity contribution < 1.29 is 9.53 Å². The number of fused-ring (bicyclic) bond motifs is 1. The van der Waals surface area contributed by atoms with Crippen LogP contribution in [0.15, 0.2) is 64.6 Å². The maximum absolute atomic E-state index is 12.9. The molecule has 1 amide bonds. The lowest BCUT2D eigenvalue weighted by Gasteiger charge is -2.17. The van der Waals surface area contributed by atoms with Crippen molar-refractivity contribution in [1.29, 1.82) is 0 Å².